The number of nitrogens with zero attached hydrogens (tertiary/aromatic N) is 4. The van der Waals surface area contributed by atoms with Crippen LogP contribution in [0.4, 0.5) is 0 Å². The molecule has 4 rings (SSSR count). The van der Waals surface area contributed by atoms with Gasteiger partial charge in [-0.3, -0.25) is 9.47 Å². The monoisotopic (exact) mass is 330 g/mol. The van der Waals surface area contributed by atoms with E-state index in [2.05, 4.69) is 43.9 Å². The molecule has 0 radical (unpaired) electrons. The first-order valence-electron chi connectivity index (χ1n) is 8.36. The van der Waals surface area contributed by atoms with Crippen LogP contribution < -0.4 is 0 Å². The summed E-state index contributed by atoms with van der Waals surface area (Å²) in [5.74, 6) is 1.04. The zero-order valence-corrected chi connectivity index (χ0v) is 14.0. The number of likely N-dealkylation sites (tertiary alicyclic amines) is 1. The molecular formula is C17H22N4OS. The average Bonchev–Trinajstić information content (AvgIpc) is 3.32. The molecule has 2 fully saturated rings. The van der Waals surface area contributed by atoms with E-state index in [4.69, 9.17) is 4.74 Å². The molecule has 2 aliphatic heterocycles. The van der Waals surface area contributed by atoms with Gasteiger partial charge in [0.1, 0.15) is 0 Å². The smallest absolute Gasteiger partial charge is 0.196 e. The third-order valence-corrected chi connectivity index (χ3v) is 5.62. The summed E-state index contributed by atoms with van der Waals surface area (Å²) in [6, 6.07) is 10.5. The predicted octanol–water partition coefficient (Wildman–Crippen LogP) is 2.74. The van der Waals surface area contributed by atoms with Crippen molar-refractivity contribution >= 4 is 11.8 Å². The fourth-order valence-corrected chi connectivity index (χ4v) is 4.29. The minimum Gasteiger partial charge on any atom is -0.380 e. The van der Waals surface area contributed by atoms with Crippen LogP contribution in [-0.4, -0.2) is 51.2 Å². The van der Waals surface area contributed by atoms with Crippen molar-refractivity contribution in [1.82, 2.24) is 19.7 Å². The molecule has 1 aromatic carbocycles. The van der Waals surface area contributed by atoms with E-state index in [0.29, 0.717) is 5.25 Å². The normalized spacial score (nSPS) is 22.0. The number of benzene rings is 1. The van der Waals surface area contributed by atoms with E-state index in [-0.39, 0.29) is 0 Å². The van der Waals surface area contributed by atoms with Crippen molar-refractivity contribution in [3.8, 4) is 5.69 Å². The van der Waals surface area contributed by atoms with Gasteiger partial charge in [-0.25, -0.2) is 0 Å². The van der Waals surface area contributed by atoms with E-state index in [1.165, 1.54) is 25.9 Å². The SMILES string of the molecule is c1ccc(-n2c(CN3CCCC3)nnc2S[C@@H]2CCOC2)cc1. The Morgan fingerprint density at radius 1 is 1.13 bits per heavy atom. The van der Waals surface area contributed by atoms with Gasteiger partial charge in [-0.05, 0) is 44.5 Å². The molecule has 6 heteroatoms. The topological polar surface area (TPSA) is 43.2 Å². The van der Waals surface area contributed by atoms with Crippen LogP contribution in [0.1, 0.15) is 25.1 Å². The Labute approximate surface area is 141 Å². The molecule has 0 N–H and O–H groups in total. The molecule has 0 amide bonds. The number of para-hydroxylation sites is 1. The summed E-state index contributed by atoms with van der Waals surface area (Å²) in [6.45, 7) is 4.89. The summed E-state index contributed by atoms with van der Waals surface area (Å²) in [7, 11) is 0. The summed E-state index contributed by atoms with van der Waals surface area (Å²) in [5, 5.41) is 10.5. The Morgan fingerprint density at radius 2 is 1.96 bits per heavy atom. The molecule has 3 heterocycles. The number of rotatable bonds is 5. The summed E-state index contributed by atoms with van der Waals surface area (Å²) < 4.78 is 7.73. The van der Waals surface area contributed by atoms with Crippen molar-refractivity contribution in [2.45, 2.75) is 36.2 Å². The minimum absolute atomic E-state index is 0.487. The summed E-state index contributed by atoms with van der Waals surface area (Å²) in [6.07, 6.45) is 3.68. The van der Waals surface area contributed by atoms with Gasteiger partial charge in [0.25, 0.3) is 0 Å². The molecule has 2 aromatic rings. The number of hydrogen-bond donors (Lipinski definition) is 0. The third kappa shape index (κ3) is 3.44. The van der Waals surface area contributed by atoms with Gasteiger partial charge in [0.05, 0.1) is 13.2 Å². The highest BCUT2D eigenvalue weighted by Crippen LogP contribution is 2.30. The largest absolute Gasteiger partial charge is 0.380 e. The van der Waals surface area contributed by atoms with Crippen LogP contribution in [-0.2, 0) is 11.3 Å². The quantitative estimate of drug-likeness (QED) is 0.843. The maximum absolute atomic E-state index is 5.50. The fraction of sp³-hybridized carbons (Fsp3) is 0.529. The van der Waals surface area contributed by atoms with E-state index >= 15 is 0 Å². The molecule has 2 aliphatic rings. The molecule has 0 spiro atoms. The molecule has 1 aromatic heterocycles. The third-order valence-electron chi connectivity index (χ3n) is 4.44. The first-order chi connectivity index (χ1) is 11.4. The Hall–Kier alpha value is -1.37. The highest BCUT2D eigenvalue weighted by atomic mass is 32.2. The fourth-order valence-electron chi connectivity index (χ4n) is 3.21. The van der Waals surface area contributed by atoms with Crippen molar-refractivity contribution in [2.75, 3.05) is 26.3 Å². The Morgan fingerprint density at radius 3 is 2.70 bits per heavy atom. The molecule has 0 unspecified atom stereocenters. The van der Waals surface area contributed by atoms with Crippen molar-refractivity contribution in [2.24, 2.45) is 0 Å². The van der Waals surface area contributed by atoms with E-state index in [1.54, 1.807) is 11.8 Å². The lowest BCUT2D eigenvalue weighted by atomic mass is 10.3. The van der Waals surface area contributed by atoms with E-state index in [1.807, 2.05) is 6.07 Å². The molecule has 0 bridgehead atoms. The Kier molecular flexibility index (Phi) is 4.64. The van der Waals surface area contributed by atoms with Crippen molar-refractivity contribution in [3.63, 3.8) is 0 Å². The van der Waals surface area contributed by atoms with Crippen LogP contribution >= 0.6 is 11.8 Å². The summed E-state index contributed by atoms with van der Waals surface area (Å²) >= 11 is 1.80. The lowest BCUT2D eigenvalue weighted by Gasteiger charge is -2.16. The highest BCUT2D eigenvalue weighted by Gasteiger charge is 2.23. The standard InChI is InChI=1S/C17H22N4OS/c1-2-6-14(7-3-1)21-16(12-20-9-4-5-10-20)18-19-17(21)23-15-8-11-22-13-15/h1-3,6-7,15H,4-5,8-13H2/t15-/m1/s1. The van der Waals surface area contributed by atoms with Crippen LogP contribution in [0.3, 0.4) is 0 Å². The Bertz CT molecular complexity index is 598. The van der Waals surface area contributed by atoms with Gasteiger partial charge < -0.3 is 4.74 Å². The van der Waals surface area contributed by atoms with Crippen LogP contribution in [0, 0.1) is 0 Å². The van der Waals surface area contributed by atoms with E-state index < -0.39 is 0 Å². The maximum Gasteiger partial charge on any atom is 0.196 e. The van der Waals surface area contributed by atoms with Crippen LogP contribution in [0.15, 0.2) is 35.5 Å². The second-order valence-electron chi connectivity index (χ2n) is 6.16. The molecule has 122 valence electrons. The van der Waals surface area contributed by atoms with Crippen LogP contribution in [0.5, 0.6) is 0 Å². The zero-order chi connectivity index (χ0) is 15.5. The van der Waals surface area contributed by atoms with Gasteiger partial charge in [-0.2, -0.15) is 0 Å². The Balaban J connectivity index is 1.63. The molecule has 2 saturated heterocycles. The van der Waals surface area contributed by atoms with Gasteiger partial charge in [0, 0.05) is 17.5 Å². The van der Waals surface area contributed by atoms with E-state index in [0.717, 1.165) is 42.8 Å². The zero-order valence-electron chi connectivity index (χ0n) is 13.2. The minimum atomic E-state index is 0.487. The second-order valence-corrected chi connectivity index (χ2v) is 7.42. The van der Waals surface area contributed by atoms with Crippen molar-refractivity contribution in [1.29, 1.82) is 0 Å². The second kappa shape index (κ2) is 7.03. The van der Waals surface area contributed by atoms with Crippen molar-refractivity contribution in [3.05, 3.63) is 36.2 Å². The number of ether oxygens (including phenoxy) is 1. The van der Waals surface area contributed by atoms with Crippen LogP contribution in [0.2, 0.25) is 0 Å². The van der Waals surface area contributed by atoms with E-state index in [9.17, 15) is 0 Å². The molecule has 1 atom stereocenters. The average molecular weight is 330 g/mol. The number of thioether (sulfide) groups is 1. The molecule has 0 saturated carbocycles. The first kappa shape index (κ1) is 15.2. The number of hydrogen-bond acceptors (Lipinski definition) is 5. The maximum atomic E-state index is 5.50. The predicted molar refractivity (Wildman–Crippen MR) is 91.0 cm³/mol. The summed E-state index contributed by atoms with van der Waals surface area (Å²) in [5.41, 5.74) is 1.15. The van der Waals surface area contributed by atoms with Gasteiger partial charge in [0.15, 0.2) is 11.0 Å². The highest BCUT2D eigenvalue weighted by molar-refractivity contribution is 7.99. The number of aromatic nitrogens is 3. The molecule has 0 aliphatic carbocycles. The molecule has 5 nitrogen and oxygen atoms in total. The first-order valence-corrected chi connectivity index (χ1v) is 9.24. The lowest BCUT2D eigenvalue weighted by Crippen LogP contribution is -2.21. The van der Waals surface area contributed by atoms with Gasteiger partial charge >= 0.3 is 0 Å². The molecule has 23 heavy (non-hydrogen) atoms. The van der Waals surface area contributed by atoms with Crippen molar-refractivity contribution < 1.29 is 4.74 Å². The van der Waals surface area contributed by atoms with Gasteiger partial charge in [0.2, 0.25) is 0 Å². The van der Waals surface area contributed by atoms with Gasteiger partial charge in [-0.1, -0.05) is 30.0 Å². The van der Waals surface area contributed by atoms with Crippen LogP contribution in [0.25, 0.3) is 5.69 Å². The lowest BCUT2D eigenvalue weighted by molar-refractivity contribution is 0.199. The molecular weight excluding hydrogens is 308 g/mol. The van der Waals surface area contributed by atoms with Gasteiger partial charge in [-0.15, -0.1) is 10.2 Å². The summed E-state index contributed by atoms with van der Waals surface area (Å²) in [4.78, 5) is 2.47.